The Balaban J connectivity index is 2.00. The monoisotopic (exact) mass is 235 g/mol. The molecule has 17 heavy (non-hydrogen) atoms. The summed E-state index contributed by atoms with van der Waals surface area (Å²) in [5, 5.41) is 10.4. The first-order chi connectivity index (χ1) is 8.06. The molecule has 1 amide bonds. The molecule has 0 bridgehead atoms. The van der Waals surface area contributed by atoms with E-state index in [9.17, 15) is 4.79 Å². The number of nitrogens with zero attached hydrogens (tertiary/aromatic N) is 3. The smallest absolute Gasteiger partial charge is 0.274 e. The fraction of sp³-hybridized carbons (Fsp3) is 0.300. The Morgan fingerprint density at radius 3 is 2.94 bits per heavy atom. The molecule has 0 radical (unpaired) electrons. The van der Waals surface area contributed by atoms with Crippen molar-refractivity contribution in [1.29, 1.82) is 0 Å². The number of nitrogens with one attached hydrogen (secondary N) is 1. The van der Waals surface area contributed by atoms with Gasteiger partial charge < -0.3 is 15.6 Å². The van der Waals surface area contributed by atoms with E-state index >= 15 is 0 Å². The van der Waals surface area contributed by atoms with E-state index in [-0.39, 0.29) is 18.1 Å². The van der Waals surface area contributed by atoms with Gasteiger partial charge in [0.25, 0.3) is 5.91 Å². The molecule has 0 atom stereocenters. The van der Waals surface area contributed by atoms with Crippen molar-refractivity contribution >= 4 is 11.6 Å². The Kier molecular flexibility index (Phi) is 2.82. The second-order valence-corrected chi connectivity index (χ2v) is 3.72. The van der Waals surface area contributed by atoms with Gasteiger partial charge in [-0.2, -0.15) is 5.10 Å². The van der Waals surface area contributed by atoms with Crippen LogP contribution in [0.15, 0.2) is 16.8 Å². The van der Waals surface area contributed by atoms with Crippen molar-refractivity contribution in [2.45, 2.75) is 13.5 Å². The van der Waals surface area contributed by atoms with E-state index in [1.807, 2.05) is 0 Å². The maximum Gasteiger partial charge on any atom is 0.274 e. The van der Waals surface area contributed by atoms with Gasteiger partial charge in [-0.15, -0.1) is 0 Å². The molecular formula is C10H13N5O2. The van der Waals surface area contributed by atoms with Crippen molar-refractivity contribution in [3.63, 3.8) is 0 Å². The lowest BCUT2D eigenvalue weighted by atomic mass is 10.3. The normalized spacial score (nSPS) is 10.5. The van der Waals surface area contributed by atoms with Gasteiger partial charge in [0.2, 0.25) is 0 Å². The van der Waals surface area contributed by atoms with Gasteiger partial charge >= 0.3 is 0 Å². The van der Waals surface area contributed by atoms with Crippen LogP contribution in [0.2, 0.25) is 0 Å². The Hall–Kier alpha value is -2.31. The summed E-state index contributed by atoms with van der Waals surface area (Å²) in [6, 6.07) is 1.75. The van der Waals surface area contributed by atoms with Crippen LogP contribution in [0.4, 0.5) is 5.69 Å². The first-order valence-corrected chi connectivity index (χ1v) is 5.06. The number of carbonyl (C=O) groups is 1. The van der Waals surface area contributed by atoms with E-state index in [0.29, 0.717) is 17.1 Å². The molecule has 0 saturated carbocycles. The van der Waals surface area contributed by atoms with E-state index in [4.69, 9.17) is 10.3 Å². The van der Waals surface area contributed by atoms with Crippen LogP contribution in [0.25, 0.3) is 0 Å². The fourth-order valence-corrected chi connectivity index (χ4v) is 1.44. The molecule has 2 heterocycles. The first kappa shape index (κ1) is 11.2. The topological polar surface area (TPSA) is 99.0 Å². The third kappa shape index (κ3) is 2.44. The van der Waals surface area contributed by atoms with Crippen LogP contribution in [0.5, 0.6) is 0 Å². The highest BCUT2D eigenvalue weighted by atomic mass is 16.5. The first-order valence-electron chi connectivity index (χ1n) is 5.06. The molecule has 2 rings (SSSR count). The van der Waals surface area contributed by atoms with Crippen molar-refractivity contribution < 1.29 is 9.32 Å². The van der Waals surface area contributed by atoms with Crippen LogP contribution in [0.1, 0.15) is 21.9 Å². The number of aromatic nitrogens is 3. The van der Waals surface area contributed by atoms with Crippen molar-refractivity contribution in [1.82, 2.24) is 20.3 Å². The molecular weight excluding hydrogens is 222 g/mol. The van der Waals surface area contributed by atoms with Crippen LogP contribution in [-0.4, -0.2) is 20.8 Å². The average Bonchev–Trinajstić information content (AvgIpc) is 2.81. The molecule has 7 heteroatoms. The number of anilines is 1. The number of amides is 1. The number of nitrogen functional groups attached to an aromatic ring is 1. The number of nitrogens with two attached hydrogens (primary N) is 1. The Bertz CT molecular complexity index is 543. The van der Waals surface area contributed by atoms with Gasteiger partial charge in [0.05, 0.1) is 12.2 Å². The molecule has 0 saturated heterocycles. The molecule has 7 nitrogen and oxygen atoms in total. The second kappa shape index (κ2) is 4.28. The van der Waals surface area contributed by atoms with Gasteiger partial charge in [0.1, 0.15) is 11.5 Å². The van der Waals surface area contributed by atoms with Crippen LogP contribution >= 0.6 is 0 Å². The highest BCUT2D eigenvalue weighted by molar-refractivity contribution is 5.96. The van der Waals surface area contributed by atoms with Gasteiger partial charge in [-0.1, -0.05) is 5.16 Å². The molecule has 2 aromatic heterocycles. The maximum atomic E-state index is 11.7. The molecule has 0 aliphatic heterocycles. The SMILES string of the molecule is Cc1cc(CNC(=O)c2nn(C)cc2N)no1. The van der Waals surface area contributed by atoms with Gasteiger partial charge in [-0.3, -0.25) is 9.48 Å². The van der Waals surface area contributed by atoms with E-state index in [1.54, 1.807) is 26.2 Å². The van der Waals surface area contributed by atoms with Gasteiger partial charge in [0.15, 0.2) is 5.69 Å². The van der Waals surface area contributed by atoms with Gasteiger partial charge in [0, 0.05) is 19.3 Å². The minimum absolute atomic E-state index is 0.215. The van der Waals surface area contributed by atoms with Crippen molar-refractivity contribution in [2.75, 3.05) is 5.73 Å². The quantitative estimate of drug-likeness (QED) is 0.793. The van der Waals surface area contributed by atoms with Crippen LogP contribution in [-0.2, 0) is 13.6 Å². The zero-order valence-electron chi connectivity index (χ0n) is 9.60. The largest absolute Gasteiger partial charge is 0.396 e. The maximum absolute atomic E-state index is 11.7. The molecule has 3 N–H and O–H groups in total. The summed E-state index contributed by atoms with van der Waals surface area (Å²) in [7, 11) is 1.70. The lowest BCUT2D eigenvalue weighted by Crippen LogP contribution is -2.24. The van der Waals surface area contributed by atoms with Crippen molar-refractivity contribution in [3.05, 3.63) is 29.4 Å². The summed E-state index contributed by atoms with van der Waals surface area (Å²) in [5.74, 6) is 0.371. The lowest BCUT2D eigenvalue weighted by Gasteiger charge is -2.00. The van der Waals surface area contributed by atoms with Crippen molar-refractivity contribution in [3.8, 4) is 0 Å². The third-order valence-electron chi connectivity index (χ3n) is 2.18. The molecule has 2 aromatic rings. The van der Waals surface area contributed by atoms with Crippen LogP contribution in [0, 0.1) is 6.92 Å². The molecule has 0 fully saturated rings. The number of carbonyl (C=O) groups excluding carboxylic acids is 1. The fourth-order valence-electron chi connectivity index (χ4n) is 1.44. The van der Waals surface area contributed by atoms with Crippen LogP contribution < -0.4 is 11.1 Å². The zero-order chi connectivity index (χ0) is 12.4. The minimum Gasteiger partial charge on any atom is -0.396 e. The highest BCUT2D eigenvalue weighted by Gasteiger charge is 2.14. The lowest BCUT2D eigenvalue weighted by molar-refractivity contribution is 0.0945. The summed E-state index contributed by atoms with van der Waals surface area (Å²) < 4.78 is 6.38. The predicted molar refractivity (Wildman–Crippen MR) is 60.0 cm³/mol. The number of rotatable bonds is 3. The number of aryl methyl sites for hydroxylation is 2. The standard InChI is InChI=1S/C10H13N5O2/c1-6-3-7(14-17-6)4-12-10(16)9-8(11)5-15(2)13-9/h3,5H,4,11H2,1-2H3,(H,12,16). The summed E-state index contributed by atoms with van der Waals surface area (Å²) in [6.45, 7) is 2.07. The summed E-state index contributed by atoms with van der Waals surface area (Å²) in [4.78, 5) is 11.7. The summed E-state index contributed by atoms with van der Waals surface area (Å²) >= 11 is 0. The van der Waals surface area contributed by atoms with Crippen molar-refractivity contribution in [2.24, 2.45) is 7.05 Å². The second-order valence-electron chi connectivity index (χ2n) is 3.72. The average molecular weight is 235 g/mol. The molecule has 0 aliphatic carbocycles. The molecule has 0 aromatic carbocycles. The molecule has 90 valence electrons. The Labute approximate surface area is 97.6 Å². The Morgan fingerprint density at radius 1 is 1.65 bits per heavy atom. The third-order valence-corrected chi connectivity index (χ3v) is 2.18. The van der Waals surface area contributed by atoms with E-state index in [0.717, 1.165) is 0 Å². The highest BCUT2D eigenvalue weighted by Crippen LogP contribution is 2.08. The summed E-state index contributed by atoms with van der Waals surface area (Å²) in [5.41, 5.74) is 6.86. The van der Waals surface area contributed by atoms with E-state index < -0.39 is 0 Å². The van der Waals surface area contributed by atoms with E-state index in [2.05, 4.69) is 15.6 Å². The molecule has 0 spiro atoms. The summed E-state index contributed by atoms with van der Waals surface area (Å²) in [6.07, 6.45) is 1.58. The van der Waals surface area contributed by atoms with Gasteiger partial charge in [-0.05, 0) is 6.92 Å². The molecule has 0 aliphatic rings. The predicted octanol–water partition coefficient (Wildman–Crippen LogP) is 0.229. The number of hydrogen-bond donors (Lipinski definition) is 2. The van der Waals surface area contributed by atoms with Gasteiger partial charge in [-0.25, -0.2) is 0 Å². The minimum atomic E-state index is -0.330. The Morgan fingerprint density at radius 2 is 2.41 bits per heavy atom. The number of hydrogen-bond acceptors (Lipinski definition) is 5. The zero-order valence-corrected chi connectivity index (χ0v) is 9.60. The van der Waals surface area contributed by atoms with Crippen LogP contribution in [0.3, 0.4) is 0 Å². The molecule has 0 unspecified atom stereocenters. The van der Waals surface area contributed by atoms with E-state index in [1.165, 1.54) is 4.68 Å².